The van der Waals surface area contributed by atoms with Gasteiger partial charge in [0.2, 0.25) is 0 Å². The predicted molar refractivity (Wildman–Crippen MR) is 79.6 cm³/mol. The first-order chi connectivity index (χ1) is 8.38. The zero-order chi connectivity index (χ0) is 13.5. The Hall–Kier alpha value is -0.300. The number of piperidine rings is 1. The molecule has 2 aliphatic rings. The van der Waals surface area contributed by atoms with Crippen LogP contribution >= 0.6 is 0 Å². The Bertz CT molecular complexity index is 338. The third kappa shape index (κ3) is 2.15. The van der Waals surface area contributed by atoms with Crippen molar-refractivity contribution >= 4 is 0 Å². The van der Waals surface area contributed by atoms with Crippen LogP contribution in [0.25, 0.3) is 0 Å². The Kier molecular flexibility index (Phi) is 3.92. The molecule has 0 N–H and O–H groups in total. The number of rotatable bonds is 3. The maximum absolute atomic E-state index is 2.71. The van der Waals surface area contributed by atoms with Gasteiger partial charge in [0.15, 0.2) is 0 Å². The first-order valence-corrected chi connectivity index (χ1v) is 7.84. The highest BCUT2D eigenvalue weighted by Crippen LogP contribution is 2.51. The minimum absolute atomic E-state index is 0.476. The van der Waals surface area contributed by atoms with Crippen molar-refractivity contribution in [2.45, 2.75) is 54.4 Å². The van der Waals surface area contributed by atoms with Gasteiger partial charge in [-0.3, -0.25) is 4.90 Å². The average Bonchev–Trinajstić information content (AvgIpc) is 2.27. The van der Waals surface area contributed by atoms with Gasteiger partial charge < -0.3 is 0 Å². The van der Waals surface area contributed by atoms with E-state index in [9.17, 15) is 0 Å². The number of fused-ring (bicyclic) bond motifs is 2. The van der Waals surface area contributed by atoms with E-state index in [1.54, 1.807) is 5.57 Å². The highest BCUT2D eigenvalue weighted by atomic mass is 15.1. The van der Waals surface area contributed by atoms with E-state index < -0.39 is 0 Å². The molecule has 0 aliphatic carbocycles. The molecule has 2 atom stereocenters. The van der Waals surface area contributed by atoms with Crippen LogP contribution in [0.4, 0.5) is 0 Å². The molecule has 0 aromatic carbocycles. The fraction of sp³-hybridized carbons (Fsp3) is 0.882. The van der Waals surface area contributed by atoms with Gasteiger partial charge in [-0.2, -0.15) is 0 Å². The van der Waals surface area contributed by atoms with E-state index >= 15 is 0 Å². The summed E-state index contributed by atoms with van der Waals surface area (Å²) in [5.74, 6) is 2.19. The third-order valence-corrected chi connectivity index (χ3v) is 5.26. The van der Waals surface area contributed by atoms with Gasteiger partial charge in [-0.05, 0) is 37.1 Å². The van der Waals surface area contributed by atoms with Crippen molar-refractivity contribution in [3.8, 4) is 0 Å². The molecule has 0 radical (unpaired) electrons. The van der Waals surface area contributed by atoms with Gasteiger partial charge in [-0.1, -0.05) is 52.7 Å². The summed E-state index contributed by atoms with van der Waals surface area (Å²) < 4.78 is 0. The Balaban J connectivity index is 2.54. The van der Waals surface area contributed by atoms with Gasteiger partial charge in [0.1, 0.15) is 0 Å². The van der Waals surface area contributed by atoms with Crippen LogP contribution in [0.15, 0.2) is 11.1 Å². The first-order valence-electron chi connectivity index (χ1n) is 7.84. The van der Waals surface area contributed by atoms with Crippen molar-refractivity contribution in [3.05, 3.63) is 11.1 Å². The lowest BCUT2D eigenvalue weighted by Crippen LogP contribution is -2.53. The lowest BCUT2D eigenvalue weighted by Gasteiger charge is -2.54. The van der Waals surface area contributed by atoms with Crippen LogP contribution in [-0.4, -0.2) is 24.5 Å². The van der Waals surface area contributed by atoms with Crippen LogP contribution in [-0.2, 0) is 0 Å². The van der Waals surface area contributed by atoms with Crippen molar-refractivity contribution in [1.82, 2.24) is 4.90 Å². The van der Waals surface area contributed by atoms with Gasteiger partial charge in [0.25, 0.3) is 0 Å². The standard InChI is InChI=1S/C17H31N/c1-12(2)15-10-18-9-7-8-17(11-18,14(5)6)16(15)13(3)4/h12-14H,7-11H2,1-6H3. The van der Waals surface area contributed by atoms with Crippen LogP contribution in [0.3, 0.4) is 0 Å². The number of nitrogens with zero attached hydrogens (tertiary/aromatic N) is 1. The summed E-state index contributed by atoms with van der Waals surface area (Å²) in [7, 11) is 0. The normalized spacial score (nSPS) is 32.8. The second-order valence-electron chi connectivity index (χ2n) is 7.37. The molecular weight excluding hydrogens is 218 g/mol. The minimum Gasteiger partial charge on any atom is -0.299 e. The molecule has 1 fully saturated rings. The second kappa shape index (κ2) is 5.00. The quantitative estimate of drug-likeness (QED) is 0.672. The highest BCUT2D eigenvalue weighted by molar-refractivity contribution is 5.32. The monoisotopic (exact) mass is 249 g/mol. The molecule has 18 heavy (non-hydrogen) atoms. The van der Waals surface area contributed by atoms with Gasteiger partial charge in [-0.15, -0.1) is 0 Å². The predicted octanol–water partition coefficient (Wildman–Crippen LogP) is 4.35. The molecule has 0 spiro atoms. The van der Waals surface area contributed by atoms with Crippen LogP contribution in [0.5, 0.6) is 0 Å². The summed E-state index contributed by atoms with van der Waals surface area (Å²) >= 11 is 0. The Labute approximate surface area is 114 Å². The van der Waals surface area contributed by atoms with Crippen molar-refractivity contribution in [3.63, 3.8) is 0 Å². The topological polar surface area (TPSA) is 3.24 Å². The fourth-order valence-electron chi connectivity index (χ4n) is 4.40. The average molecular weight is 249 g/mol. The summed E-state index contributed by atoms with van der Waals surface area (Å²) in [4.78, 5) is 2.71. The molecule has 0 saturated carbocycles. The lowest BCUT2D eigenvalue weighted by atomic mass is 9.59. The van der Waals surface area contributed by atoms with E-state index in [0.717, 1.165) is 5.92 Å². The van der Waals surface area contributed by atoms with E-state index in [-0.39, 0.29) is 0 Å². The zero-order valence-corrected chi connectivity index (χ0v) is 13.2. The fourth-order valence-corrected chi connectivity index (χ4v) is 4.40. The number of hydrogen-bond donors (Lipinski definition) is 0. The SMILES string of the molecule is CC(C)C1=C(C(C)C)C2(C(C)C)CCCN(C1)C2. The van der Waals surface area contributed by atoms with Crippen molar-refractivity contribution in [2.24, 2.45) is 23.2 Å². The van der Waals surface area contributed by atoms with Gasteiger partial charge >= 0.3 is 0 Å². The molecule has 104 valence electrons. The van der Waals surface area contributed by atoms with Gasteiger partial charge in [-0.25, -0.2) is 0 Å². The van der Waals surface area contributed by atoms with Crippen LogP contribution in [0.2, 0.25) is 0 Å². The molecule has 2 heterocycles. The highest BCUT2D eigenvalue weighted by Gasteiger charge is 2.46. The summed E-state index contributed by atoms with van der Waals surface area (Å²) in [6, 6.07) is 0. The molecule has 1 saturated heterocycles. The molecule has 2 unspecified atom stereocenters. The van der Waals surface area contributed by atoms with Crippen molar-refractivity contribution in [2.75, 3.05) is 19.6 Å². The molecule has 0 amide bonds. The van der Waals surface area contributed by atoms with Crippen molar-refractivity contribution < 1.29 is 0 Å². The van der Waals surface area contributed by atoms with Gasteiger partial charge in [0.05, 0.1) is 0 Å². The molecule has 2 bridgehead atoms. The molecule has 0 aromatic heterocycles. The van der Waals surface area contributed by atoms with Crippen LogP contribution < -0.4 is 0 Å². The summed E-state index contributed by atoms with van der Waals surface area (Å²) in [5.41, 5.74) is 4.05. The molecular formula is C17H31N. The van der Waals surface area contributed by atoms with E-state index in [2.05, 4.69) is 46.4 Å². The first kappa shape index (κ1) is 14.1. The third-order valence-electron chi connectivity index (χ3n) is 5.26. The Morgan fingerprint density at radius 2 is 1.67 bits per heavy atom. The Morgan fingerprint density at radius 3 is 2.17 bits per heavy atom. The molecule has 2 rings (SSSR count). The van der Waals surface area contributed by atoms with Crippen LogP contribution in [0, 0.1) is 23.2 Å². The van der Waals surface area contributed by atoms with E-state index in [1.807, 2.05) is 5.57 Å². The molecule has 0 aromatic rings. The minimum atomic E-state index is 0.476. The van der Waals surface area contributed by atoms with Crippen molar-refractivity contribution in [1.29, 1.82) is 0 Å². The molecule has 2 aliphatic heterocycles. The van der Waals surface area contributed by atoms with E-state index in [0.29, 0.717) is 17.3 Å². The summed E-state index contributed by atoms with van der Waals surface area (Å²) in [6.45, 7) is 18.3. The smallest absolute Gasteiger partial charge is 0.0198 e. The molecule has 1 nitrogen and oxygen atoms in total. The summed E-state index contributed by atoms with van der Waals surface area (Å²) in [6.07, 6.45) is 2.80. The maximum atomic E-state index is 2.71. The maximum Gasteiger partial charge on any atom is 0.0198 e. The second-order valence-corrected chi connectivity index (χ2v) is 7.37. The largest absolute Gasteiger partial charge is 0.299 e. The molecule has 1 heteroatoms. The Morgan fingerprint density at radius 1 is 1.00 bits per heavy atom. The van der Waals surface area contributed by atoms with Gasteiger partial charge in [0, 0.05) is 18.5 Å². The van der Waals surface area contributed by atoms with E-state index in [4.69, 9.17) is 0 Å². The van der Waals surface area contributed by atoms with E-state index in [1.165, 1.54) is 32.5 Å². The summed E-state index contributed by atoms with van der Waals surface area (Å²) in [5, 5.41) is 0. The lowest BCUT2D eigenvalue weighted by molar-refractivity contribution is 0.0561. The number of hydrogen-bond acceptors (Lipinski definition) is 1. The van der Waals surface area contributed by atoms with Crippen LogP contribution in [0.1, 0.15) is 54.4 Å². The zero-order valence-electron chi connectivity index (χ0n) is 13.2.